The SMILES string of the molecule is O[C@H]1OC2OC3OCC4CC1C2C43. The molecule has 4 heteroatoms. The van der Waals surface area contributed by atoms with Gasteiger partial charge in [0, 0.05) is 17.8 Å². The molecule has 3 saturated heterocycles. The Kier molecular flexibility index (Phi) is 1.15. The molecule has 1 aliphatic carbocycles. The van der Waals surface area contributed by atoms with Crippen LogP contribution in [0.3, 0.4) is 0 Å². The first-order chi connectivity index (χ1) is 6.34. The molecule has 0 aromatic rings. The second-order valence-corrected chi connectivity index (χ2v) is 4.55. The summed E-state index contributed by atoms with van der Waals surface area (Å²) in [6, 6.07) is 0. The Bertz CT molecular complexity index is 256. The van der Waals surface area contributed by atoms with Crippen molar-refractivity contribution in [3.8, 4) is 0 Å². The van der Waals surface area contributed by atoms with E-state index in [1.165, 1.54) is 0 Å². The summed E-state index contributed by atoms with van der Waals surface area (Å²) in [5.74, 6) is 1.79. The van der Waals surface area contributed by atoms with E-state index in [2.05, 4.69) is 0 Å². The van der Waals surface area contributed by atoms with Crippen LogP contribution in [-0.4, -0.2) is 30.6 Å². The van der Waals surface area contributed by atoms with Gasteiger partial charge in [-0.25, -0.2) is 0 Å². The monoisotopic (exact) mass is 184 g/mol. The van der Waals surface area contributed by atoms with E-state index in [9.17, 15) is 5.11 Å². The molecule has 1 saturated carbocycles. The molecule has 0 aromatic heterocycles. The van der Waals surface area contributed by atoms with Gasteiger partial charge < -0.3 is 19.3 Å². The smallest absolute Gasteiger partial charge is 0.167 e. The van der Waals surface area contributed by atoms with Gasteiger partial charge in [0.2, 0.25) is 0 Å². The minimum absolute atomic E-state index is 0.0440. The number of aliphatic hydroxyl groups excluding tert-OH is 1. The molecule has 72 valence electrons. The number of aliphatic hydroxyl groups is 1. The first kappa shape index (κ1) is 7.17. The highest BCUT2D eigenvalue weighted by Crippen LogP contribution is 2.59. The molecule has 7 atom stereocenters. The maximum Gasteiger partial charge on any atom is 0.167 e. The maximum atomic E-state index is 9.61. The number of rotatable bonds is 0. The van der Waals surface area contributed by atoms with Crippen molar-refractivity contribution in [1.29, 1.82) is 0 Å². The Hall–Kier alpha value is -0.160. The van der Waals surface area contributed by atoms with Gasteiger partial charge in [-0.15, -0.1) is 0 Å². The predicted octanol–water partition coefficient (Wildman–Crippen LogP) is -0.0839. The van der Waals surface area contributed by atoms with Crippen molar-refractivity contribution in [2.45, 2.75) is 25.3 Å². The molecule has 6 unspecified atom stereocenters. The Balaban J connectivity index is 1.78. The third-order valence-corrected chi connectivity index (χ3v) is 4.07. The van der Waals surface area contributed by atoms with Crippen LogP contribution in [-0.2, 0) is 14.2 Å². The largest absolute Gasteiger partial charge is 0.368 e. The molecule has 0 radical (unpaired) electrons. The summed E-state index contributed by atoms with van der Waals surface area (Å²) >= 11 is 0. The van der Waals surface area contributed by atoms with E-state index in [-0.39, 0.29) is 12.6 Å². The molecule has 4 nitrogen and oxygen atoms in total. The first-order valence-electron chi connectivity index (χ1n) is 4.95. The van der Waals surface area contributed by atoms with E-state index in [0.29, 0.717) is 23.7 Å². The number of hydrogen-bond acceptors (Lipinski definition) is 4. The summed E-state index contributed by atoms with van der Waals surface area (Å²) in [6.07, 6.45) is 0.215. The van der Waals surface area contributed by atoms with Crippen LogP contribution in [0.5, 0.6) is 0 Å². The molecule has 4 aliphatic rings. The van der Waals surface area contributed by atoms with Crippen molar-refractivity contribution in [1.82, 2.24) is 0 Å². The lowest BCUT2D eigenvalue weighted by atomic mass is 9.91. The Morgan fingerprint density at radius 3 is 2.92 bits per heavy atom. The second-order valence-electron chi connectivity index (χ2n) is 4.55. The van der Waals surface area contributed by atoms with Crippen molar-refractivity contribution in [3.63, 3.8) is 0 Å². The van der Waals surface area contributed by atoms with E-state index in [0.717, 1.165) is 13.0 Å². The van der Waals surface area contributed by atoms with Crippen molar-refractivity contribution in [2.75, 3.05) is 6.61 Å². The lowest BCUT2D eigenvalue weighted by Gasteiger charge is -2.13. The zero-order valence-electron chi connectivity index (χ0n) is 7.13. The van der Waals surface area contributed by atoms with Gasteiger partial charge in [0.15, 0.2) is 18.9 Å². The van der Waals surface area contributed by atoms with Crippen LogP contribution in [0, 0.1) is 23.7 Å². The van der Waals surface area contributed by atoms with Crippen LogP contribution in [0.4, 0.5) is 0 Å². The maximum absolute atomic E-state index is 9.61. The third-order valence-electron chi connectivity index (χ3n) is 4.07. The van der Waals surface area contributed by atoms with Crippen molar-refractivity contribution in [3.05, 3.63) is 0 Å². The van der Waals surface area contributed by atoms with Crippen LogP contribution in [0.25, 0.3) is 0 Å². The third kappa shape index (κ3) is 0.687. The fourth-order valence-electron chi connectivity index (χ4n) is 3.58. The van der Waals surface area contributed by atoms with Gasteiger partial charge in [0.1, 0.15) is 0 Å². The van der Waals surface area contributed by atoms with Gasteiger partial charge >= 0.3 is 0 Å². The molecule has 13 heavy (non-hydrogen) atoms. The summed E-state index contributed by atoms with van der Waals surface area (Å²) < 4.78 is 16.4. The molecular weight excluding hydrogens is 172 g/mol. The fourth-order valence-corrected chi connectivity index (χ4v) is 3.58. The van der Waals surface area contributed by atoms with Crippen molar-refractivity contribution in [2.24, 2.45) is 23.7 Å². The standard InChI is InChI=1S/C9H12O4/c10-7-4-1-3-2-11-8-5(3)6(4)9(12-7)13-8/h3-10H,1-2H2/t3?,4?,5?,6?,7-,8?,9?/m0/s1. The average molecular weight is 184 g/mol. The zero-order valence-corrected chi connectivity index (χ0v) is 7.13. The number of ether oxygens (including phenoxy) is 3. The highest BCUT2D eigenvalue weighted by molar-refractivity contribution is 5.04. The highest BCUT2D eigenvalue weighted by atomic mass is 16.8. The summed E-state index contributed by atoms with van der Waals surface area (Å²) in [7, 11) is 0. The van der Waals surface area contributed by atoms with Crippen molar-refractivity contribution >= 4 is 0 Å². The van der Waals surface area contributed by atoms with Crippen molar-refractivity contribution < 1.29 is 19.3 Å². The van der Waals surface area contributed by atoms with Crippen LogP contribution in [0.1, 0.15) is 6.42 Å². The molecule has 0 spiro atoms. The van der Waals surface area contributed by atoms with E-state index in [1.54, 1.807) is 0 Å². The summed E-state index contributed by atoms with van der Waals surface area (Å²) in [5, 5.41) is 9.61. The van der Waals surface area contributed by atoms with E-state index < -0.39 is 6.29 Å². The molecule has 3 heterocycles. The molecule has 0 amide bonds. The van der Waals surface area contributed by atoms with Crippen LogP contribution < -0.4 is 0 Å². The minimum Gasteiger partial charge on any atom is -0.368 e. The highest BCUT2D eigenvalue weighted by Gasteiger charge is 2.65. The molecular formula is C9H12O4. The van der Waals surface area contributed by atoms with Gasteiger partial charge in [-0.05, 0) is 12.3 Å². The van der Waals surface area contributed by atoms with E-state index in [1.807, 2.05) is 0 Å². The fraction of sp³-hybridized carbons (Fsp3) is 1.00. The molecule has 0 bridgehead atoms. The predicted molar refractivity (Wildman–Crippen MR) is 40.3 cm³/mol. The topological polar surface area (TPSA) is 47.9 Å². The van der Waals surface area contributed by atoms with Crippen LogP contribution in [0.15, 0.2) is 0 Å². The second kappa shape index (κ2) is 2.08. The molecule has 4 rings (SSSR count). The Morgan fingerprint density at radius 1 is 1.08 bits per heavy atom. The Labute approximate surface area is 75.8 Å². The normalized spacial score (nSPS) is 67.6. The summed E-state index contributed by atoms with van der Waals surface area (Å²) in [6.45, 7) is 0.807. The summed E-state index contributed by atoms with van der Waals surface area (Å²) in [4.78, 5) is 0. The van der Waals surface area contributed by atoms with Gasteiger partial charge in [0.25, 0.3) is 0 Å². The molecule has 0 aromatic carbocycles. The van der Waals surface area contributed by atoms with Gasteiger partial charge in [-0.1, -0.05) is 0 Å². The Morgan fingerprint density at radius 2 is 2.00 bits per heavy atom. The van der Waals surface area contributed by atoms with Gasteiger partial charge in [-0.2, -0.15) is 0 Å². The van der Waals surface area contributed by atoms with Crippen LogP contribution in [0.2, 0.25) is 0 Å². The molecule has 3 aliphatic heterocycles. The molecule has 4 fully saturated rings. The lowest BCUT2D eigenvalue weighted by molar-refractivity contribution is -0.234. The number of hydrogen-bond donors (Lipinski definition) is 1. The zero-order chi connectivity index (χ0) is 8.58. The average Bonchev–Trinajstić information content (AvgIpc) is 2.70. The molecule has 1 N–H and O–H groups in total. The minimum atomic E-state index is -0.596. The first-order valence-corrected chi connectivity index (χ1v) is 4.95. The summed E-state index contributed by atoms with van der Waals surface area (Å²) in [5.41, 5.74) is 0. The van der Waals surface area contributed by atoms with E-state index >= 15 is 0 Å². The van der Waals surface area contributed by atoms with Crippen LogP contribution >= 0.6 is 0 Å². The quantitative estimate of drug-likeness (QED) is 0.572. The van der Waals surface area contributed by atoms with Gasteiger partial charge in [0.05, 0.1) is 6.61 Å². The van der Waals surface area contributed by atoms with Gasteiger partial charge in [-0.3, -0.25) is 0 Å². The van der Waals surface area contributed by atoms with E-state index in [4.69, 9.17) is 14.2 Å². The lowest BCUT2D eigenvalue weighted by Crippen LogP contribution is -2.20.